The number of alkyl carbamates (subject to hydrolysis) is 1. The van der Waals surface area contributed by atoms with Gasteiger partial charge in [-0.25, -0.2) is 4.79 Å². The van der Waals surface area contributed by atoms with Gasteiger partial charge in [-0.15, -0.1) is 0 Å². The largest absolute Gasteiger partial charge is 0.468 e. The van der Waals surface area contributed by atoms with Crippen molar-refractivity contribution >= 4 is 23.9 Å². The van der Waals surface area contributed by atoms with Crippen molar-refractivity contribution in [2.45, 2.75) is 105 Å². The van der Waals surface area contributed by atoms with Crippen LogP contribution in [0.2, 0.25) is 0 Å². The number of hydrogen-bond acceptors (Lipinski definition) is 6. The number of methoxy groups -OCH3 is 1. The summed E-state index contributed by atoms with van der Waals surface area (Å²) in [7, 11) is 1.25. The molecular formula is C30H49N3O6. The zero-order valence-electron chi connectivity index (χ0n) is 25.3. The maximum absolute atomic E-state index is 14.3. The third-order valence-corrected chi connectivity index (χ3v) is 6.44. The first kappa shape index (κ1) is 33.9. The molecule has 1 aromatic carbocycles. The van der Waals surface area contributed by atoms with Gasteiger partial charge < -0.3 is 25.0 Å². The normalized spacial score (nSPS) is 13.6. The lowest BCUT2D eigenvalue weighted by Crippen LogP contribution is -2.55. The summed E-state index contributed by atoms with van der Waals surface area (Å²) in [5, 5.41) is 5.42. The summed E-state index contributed by atoms with van der Waals surface area (Å²) in [6.45, 7) is 15.1. The molecule has 0 aromatic heterocycles. The predicted octanol–water partition coefficient (Wildman–Crippen LogP) is 4.98. The van der Waals surface area contributed by atoms with Crippen molar-refractivity contribution in [3.05, 3.63) is 34.9 Å². The van der Waals surface area contributed by atoms with Gasteiger partial charge in [-0.3, -0.25) is 14.4 Å². The average Bonchev–Trinajstić information content (AvgIpc) is 2.84. The number of unbranched alkanes of at least 4 members (excludes halogenated alkanes) is 3. The van der Waals surface area contributed by atoms with Crippen molar-refractivity contribution in [1.29, 1.82) is 0 Å². The molecule has 3 atom stereocenters. The maximum atomic E-state index is 14.3. The number of amides is 3. The van der Waals surface area contributed by atoms with E-state index in [1.807, 2.05) is 45.9 Å². The van der Waals surface area contributed by atoms with E-state index in [1.165, 1.54) is 7.11 Å². The van der Waals surface area contributed by atoms with E-state index in [1.54, 1.807) is 25.7 Å². The van der Waals surface area contributed by atoms with E-state index in [0.29, 0.717) is 24.9 Å². The van der Waals surface area contributed by atoms with Crippen molar-refractivity contribution in [2.24, 2.45) is 5.92 Å². The molecule has 0 saturated heterocycles. The Bertz CT molecular complexity index is 952. The van der Waals surface area contributed by atoms with Crippen LogP contribution in [0.4, 0.5) is 4.79 Å². The van der Waals surface area contributed by atoms with Crippen LogP contribution in [-0.2, 0) is 23.9 Å². The first-order valence-electron chi connectivity index (χ1n) is 14.0. The standard InChI is InChI=1S/C30H49N3O6/c1-10-12-13-14-15-33(28(36)25(22(5)11-2)32-29(37)39-30(6,7)8)26(27(35)31-19-24(34)38-9)23-17-20(3)16-21(4)18-23/h16-18,22,25-26H,10-15,19H2,1-9H3,(H,31,35)(H,32,37). The van der Waals surface area contributed by atoms with E-state index in [2.05, 4.69) is 17.6 Å². The van der Waals surface area contributed by atoms with Crippen molar-refractivity contribution in [3.63, 3.8) is 0 Å². The van der Waals surface area contributed by atoms with E-state index in [4.69, 9.17) is 9.47 Å². The maximum Gasteiger partial charge on any atom is 0.408 e. The zero-order chi connectivity index (χ0) is 29.8. The topological polar surface area (TPSA) is 114 Å². The summed E-state index contributed by atoms with van der Waals surface area (Å²) < 4.78 is 10.2. The number of carbonyl (C=O) groups is 4. The number of carbonyl (C=O) groups excluding carboxylic acids is 4. The number of esters is 1. The molecular weight excluding hydrogens is 498 g/mol. The highest BCUT2D eigenvalue weighted by Crippen LogP contribution is 2.27. The Morgan fingerprint density at radius 2 is 1.59 bits per heavy atom. The molecule has 0 fully saturated rings. The van der Waals surface area contributed by atoms with Crippen molar-refractivity contribution in [2.75, 3.05) is 20.2 Å². The molecule has 3 amide bonds. The van der Waals surface area contributed by atoms with Crippen LogP contribution in [-0.4, -0.2) is 60.6 Å². The van der Waals surface area contributed by atoms with Crippen LogP contribution in [0.3, 0.4) is 0 Å². The van der Waals surface area contributed by atoms with Crippen LogP contribution in [0, 0.1) is 19.8 Å². The van der Waals surface area contributed by atoms with Gasteiger partial charge in [0.2, 0.25) is 11.8 Å². The van der Waals surface area contributed by atoms with E-state index in [-0.39, 0.29) is 18.4 Å². The van der Waals surface area contributed by atoms with Gasteiger partial charge in [-0.05, 0) is 52.5 Å². The molecule has 0 heterocycles. The van der Waals surface area contributed by atoms with Gasteiger partial charge in [-0.1, -0.05) is 75.8 Å². The molecule has 1 rings (SSSR count). The Hall–Kier alpha value is -3.10. The number of nitrogens with zero attached hydrogens (tertiary/aromatic N) is 1. The summed E-state index contributed by atoms with van der Waals surface area (Å²) in [5.41, 5.74) is 1.79. The van der Waals surface area contributed by atoms with E-state index in [0.717, 1.165) is 30.4 Å². The van der Waals surface area contributed by atoms with Crippen LogP contribution >= 0.6 is 0 Å². The predicted molar refractivity (Wildman–Crippen MR) is 152 cm³/mol. The molecule has 0 aliphatic carbocycles. The fourth-order valence-electron chi connectivity index (χ4n) is 4.34. The Morgan fingerprint density at radius 1 is 0.974 bits per heavy atom. The Kier molecular flexibility index (Phi) is 14.0. The van der Waals surface area contributed by atoms with Crippen molar-refractivity contribution in [1.82, 2.24) is 15.5 Å². The minimum Gasteiger partial charge on any atom is -0.468 e. The number of nitrogens with one attached hydrogen (secondary N) is 2. The smallest absolute Gasteiger partial charge is 0.408 e. The lowest BCUT2D eigenvalue weighted by Gasteiger charge is -2.36. The van der Waals surface area contributed by atoms with Crippen LogP contribution in [0.5, 0.6) is 0 Å². The highest BCUT2D eigenvalue weighted by molar-refractivity contribution is 5.93. The minimum atomic E-state index is -1.01. The summed E-state index contributed by atoms with van der Waals surface area (Å²) in [6, 6.07) is 3.83. The SMILES string of the molecule is CCCCCCN(C(=O)C(NC(=O)OC(C)(C)C)C(C)CC)C(C(=O)NCC(=O)OC)c1cc(C)cc(C)c1. The first-order valence-corrected chi connectivity index (χ1v) is 14.0. The van der Waals surface area contributed by atoms with Crippen LogP contribution < -0.4 is 10.6 Å². The highest BCUT2D eigenvalue weighted by Gasteiger charge is 2.38. The fraction of sp³-hybridized carbons (Fsp3) is 0.667. The molecule has 39 heavy (non-hydrogen) atoms. The molecule has 0 spiro atoms. The third kappa shape index (κ3) is 11.7. The van der Waals surface area contributed by atoms with E-state index < -0.39 is 35.7 Å². The monoisotopic (exact) mass is 547 g/mol. The molecule has 0 saturated carbocycles. The third-order valence-electron chi connectivity index (χ3n) is 6.44. The quantitative estimate of drug-likeness (QED) is 0.251. The molecule has 0 aliphatic heterocycles. The second-order valence-corrected chi connectivity index (χ2v) is 11.2. The molecule has 9 heteroatoms. The molecule has 2 N–H and O–H groups in total. The Balaban J connectivity index is 3.58. The summed E-state index contributed by atoms with van der Waals surface area (Å²) in [6.07, 6.45) is 3.52. The van der Waals surface area contributed by atoms with Crippen molar-refractivity contribution < 1.29 is 28.7 Å². The van der Waals surface area contributed by atoms with Gasteiger partial charge in [0.05, 0.1) is 7.11 Å². The van der Waals surface area contributed by atoms with Gasteiger partial charge in [0, 0.05) is 6.54 Å². The lowest BCUT2D eigenvalue weighted by atomic mass is 9.94. The van der Waals surface area contributed by atoms with Crippen LogP contribution in [0.15, 0.2) is 18.2 Å². The van der Waals surface area contributed by atoms with E-state index in [9.17, 15) is 19.2 Å². The fourth-order valence-corrected chi connectivity index (χ4v) is 4.34. The first-order chi connectivity index (χ1) is 18.2. The average molecular weight is 548 g/mol. The molecule has 0 aliphatic rings. The number of hydrogen-bond donors (Lipinski definition) is 2. The minimum absolute atomic E-state index is 0.221. The molecule has 220 valence electrons. The van der Waals surface area contributed by atoms with Gasteiger partial charge in [-0.2, -0.15) is 0 Å². The Labute approximate surface area is 234 Å². The number of rotatable bonds is 14. The number of ether oxygens (including phenoxy) is 2. The zero-order valence-corrected chi connectivity index (χ0v) is 25.3. The van der Waals surface area contributed by atoms with Gasteiger partial charge in [0.1, 0.15) is 24.2 Å². The molecule has 3 unspecified atom stereocenters. The lowest BCUT2D eigenvalue weighted by molar-refractivity contribution is -0.145. The van der Waals surface area contributed by atoms with Crippen LogP contribution in [0.1, 0.15) is 96.4 Å². The number of benzene rings is 1. The molecule has 0 radical (unpaired) electrons. The second-order valence-electron chi connectivity index (χ2n) is 11.2. The second kappa shape index (κ2) is 16.1. The summed E-state index contributed by atoms with van der Waals surface area (Å²) in [4.78, 5) is 54.1. The molecule has 1 aromatic rings. The number of aryl methyl sites for hydroxylation is 2. The van der Waals surface area contributed by atoms with Crippen molar-refractivity contribution in [3.8, 4) is 0 Å². The summed E-state index contributed by atoms with van der Waals surface area (Å²) in [5.74, 6) is -1.67. The van der Waals surface area contributed by atoms with E-state index >= 15 is 0 Å². The molecule has 0 bridgehead atoms. The highest BCUT2D eigenvalue weighted by atomic mass is 16.6. The van der Waals surface area contributed by atoms with Gasteiger partial charge in [0.25, 0.3) is 0 Å². The van der Waals surface area contributed by atoms with Gasteiger partial charge in [0.15, 0.2) is 0 Å². The molecule has 9 nitrogen and oxygen atoms in total. The Morgan fingerprint density at radius 3 is 2.10 bits per heavy atom. The van der Waals surface area contributed by atoms with Gasteiger partial charge >= 0.3 is 12.1 Å². The summed E-state index contributed by atoms with van der Waals surface area (Å²) >= 11 is 0. The van der Waals surface area contributed by atoms with Crippen LogP contribution in [0.25, 0.3) is 0 Å².